The largest absolute Gasteiger partial charge is 1.00 e. The van der Waals surface area contributed by atoms with Crippen LogP contribution in [0.1, 0.15) is 0 Å². The van der Waals surface area contributed by atoms with E-state index in [0.717, 1.165) is 0 Å². The number of hydrogen-bond donors (Lipinski definition) is 0. The van der Waals surface area contributed by atoms with Crippen molar-refractivity contribution in [2.24, 2.45) is 7.05 Å². The number of rotatable bonds is 1. The highest BCUT2D eigenvalue weighted by Gasteiger charge is 2.17. The third kappa shape index (κ3) is 2.20. The summed E-state index contributed by atoms with van der Waals surface area (Å²) in [5, 5.41) is 2.59. The Bertz CT molecular complexity index is 889. The molecule has 4 aromatic rings. The molecular weight excluding hydrogens is 334 g/mol. The lowest BCUT2D eigenvalue weighted by atomic mass is 9.96. The summed E-state index contributed by atoms with van der Waals surface area (Å²) in [6, 6.07) is 27.9. The summed E-state index contributed by atoms with van der Waals surface area (Å²) in [7, 11) is 2.14. The van der Waals surface area contributed by atoms with Gasteiger partial charge >= 0.3 is 0 Å². The number of nitrogens with zero attached hydrogens (tertiary/aromatic N) is 1. The number of aryl methyl sites for hydroxylation is 1. The molecule has 1 aromatic heterocycles. The highest BCUT2D eigenvalue weighted by molar-refractivity contribution is 6.07. The lowest BCUT2D eigenvalue weighted by molar-refractivity contribution is -0.617. The SMILES string of the molecule is C[n+]1c2ccccc2c(-c2ccccc2)c2ccccc21.[Br-]. The summed E-state index contributed by atoms with van der Waals surface area (Å²) in [6.45, 7) is 0. The molecule has 0 spiro atoms. The van der Waals surface area contributed by atoms with Crippen LogP contribution in [0.2, 0.25) is 0 Å². The molecule has 2 heteroatoms. The second-order valence-electron chi connectivity index (χ2n) is 5.33. The average Bonchev–Trinajstić information content (AvgIpc) is 2.56. The van der Waals surface area contributed by atoms with Gasteiger partial charge in [0.05, 0.1) is 10.8 Å². The molecule has 0 saturated carbocycles. The minimum atomic E-state index is 0. The molecule has 22 heavy (non-hydrogen) atoms. The van der Waals surface area contributed by atoms with E-state index in [0.29, 0.717) is 0 Å². The molecule has 3 aromatic carbocycles. The van der Waals surface area contributed by atoms with Crippen LogP contribution >= 0.6 is 0 Å². The molecule has 0 N–H and O–H groups in total. The first-order valence-corrected chi connectivity index (χ1v) is 7.21. The van der Waals surface area contributed by atoms with Crippen molar-refractivity contribution in [3.05, 3.63) is 78.9 Å². The fourth-order valence-corrected chi connectivity index (χ4v) is 3.15. The fraction of sp³-hybridized carbons (Fsp3) is 0.0500. The number of hydrogen-bond acceptors (Lipinski definition) is 0. The number of benzene rings is 3. The van der Waals surface area contributed by atoms with Crippen LogP contribution in [-0.4, -0.2) is 0 Å². The lowest BCUT2D eigenvalue weighted by Crippen LogP contribution is -3.00. The minimum absolute atomic E-state index is 0. The van der Waals surface area contributed by atoms with Gasteiger partial charge in [0.25, 0.3) is 0 Å². The summed E-state index contributed by atoms with van der Waals surface area (Å²) in [6.07, 6.45) is 0. The third-order valence-corrected chi connectivity index (χ3v) is 4.13. The summed E-state index contributed by atoms with van der Waals surface area (Å²) in [5.41, 5.74) is 5.11. The topological polar surface area (TPSA) is 3.88 Å². The number of fused-ring (bicyclic) bond motifs is 2. The minimum Gasteiger partial charge on any atom is -1.00 e. The number of pyridine rings is 1. The summed E-state index contributed by atoms with van der Waals surface area (Å²) >= 11 is 0. The number of aromatic nitrogens is 1. The van der Waals surface area contributed by atoms with Gasteiger partial charge in [-0.25, -0.2) is 0 Å². The second-order valence-corrected chi connectivity index (χ2v) is 5.33. The molecule has 1 heterocycles. The molecule has 0 aliphatic rings. The molecule has 4 rings (SSSR count). The monoisotopic (exact) mass is 349 g/mol. The Morgan fingerprint density at radius 1 is 0.591 bits per heavy atom. The Kier molecular flexibility index (Phi) is 3.95. The molecule has 0 aliphatic carbocycles. The Labute approximate surface area is 140 Å². The number of para-hydroxylation sites is 2. The normalized spacial score (nSPS) is 10.6. The lowest BCUT2D eigenvalue weighted by Gasteiger charge is -2.10. The molecule has 1 nitrogen and oxygen atoms in total. The highest BCUT2D eigenvalue weighted by atomic mass is 79.9. The first-order valence-electron chi connectivity index (χ1n) is 7.21. The zero-order valence-corrected chi connectivity index (χ0v) is 13.9. The van der Waals surface area contributed by atoms with E-state index in [-0.39, 0.29) is 17.0 Å². The zero-order valence-electron chi connectivity index (χ0n) is 12.3. The van der Waals surface area contributed by atoms with Gasteiger partial charge in [0.15, 0.2) is 0 Å². The van der Waals surface area contributed by atoms with Gasteiger partial charge in [0.1, 0.15) is 7.05 Å². The van der Waals surface area contributed by atoms with E-state index in [9.17, 15) is 0 Å². The van der Waals surface area contributed by atoms with Gasteiger partial charge in [-0.05, 0) is 17.7 Å². The first kappa shape index (κ1) is 14.7. The van der Waals surface area contributed by atoms with Gasteiger partial charge in [0.2, 0.25) is 11.0 Å². The van der Waals surface area contributed by atoms with Crippen molar-refractivity contribution in [3.63, 3.8) is 0 Å². The number of halogens is 1. The van der Waals surface area contributed by atoms with Gasteiger partial charge in [-0.3, -0.25) is 0 Å². The highest BCUT2D eigenvalue weighted by Crippen LogP contribution is 2.33. The first-order chi connectivity index (χ1) is 10.4. The third-order valence-electron chi connectivity index (χ3n) is 4.13. The van der Waals surface area contributed by atoms with Crippen molar-refractivity contribution in [2.75, 3.05) is 0 Å². The van der Waals surface area contributed by atoms with Crippen molar-refractivity contribution in [3.8, 4) is 11.1 Å². The van der Waals surface area contributed by atoms with E-state index >= 15 is 0 Å². The van der Waals surface area contributed by atoms with Gasteiger partial charge in [0, 0.05) is 17.7 Å². The molecule has 0 radical (unpaired) electrons. The molecule has 0 saturated heterocycles. The molecule has 0 aliphatic heterocycles. The van der Waals surface area contributed by atoms with Crippen LogP contribution in [0.3, 0.4) is 0 Å². The van der Waals surface area contributed by atoms with Crippen molar-refractivity contribution in [1.29, 1.82) is 0 Å². The van der Waals surface area contributed by atoms with Crippen molar-refractivity contribution >= 4 is 21.8 Å². The van der Waals surface area contributed by atoms with E-state index in [2.05, 4.69) is 90.5 Å². The Morgan fingerprint density at radius 3 is 1.59 bits per heavy atom. The summed E-state index contributed by atoms with van der Waals surface area (Å²) < 4.78 is 2.27. The van der Waals surface area contributed by atoms with E-state index < -0.39 is 0 Å². The van der Waals surface area contributed by atoms with Crippen molar-refractivity contribution in [2.45, 2.75) is 0 Å². The quantitative estimate of drug-likeness (QED) is 0.362. The molecule has 0 bridgehead atoms. The van der Waals surface area contributed by atoms with Gasteiger partial charge < -0.3 is 17.0 Å². The van der Waals surface area contributed by atoms with Crippen LogP contribution in [0.25, 0.3) is 32.9 Å². The fourth-order valence-electron chi connectivity index (χ4n) is 3.15. The smallest absolute Gasteiger partial charge is 0.213 e. The van der Waals surface area contributed by atoms with E-state index in [4.69, 9.17) is 0 Å². The predicted octanol–water partition coefficient (Wildman–Crippen LogP) is 1.49. The molecule has 0 atom stereocenters. The molecule has 108 valence electrons. The maximum Gasteiger partial charge on any atom is 0.213 e. The van der Waals surface area contributed by atoms with E-state index in [1.54, 1.807) is 0 Å². The molecule has 0 amide bonds. The molecule has 0 unspecified atom stereocenters. The van der Waals surface area contributed by atoms with Crippen LogP contribution in [0.15, 0.2) is 78.9 Å². The van der Waals surface area contributed by atoms with Crippen LogP contribution in [0.4, 0.5) is 0 Å². The van der Waals surface area contributed by atoms with Crippen molar-refractivity contribution < 1.29 is 21.5 Å². The summed E-state index contributed by atoms with van der Waals surface area (Å²) in [5.74, 6) is 0. The van der Waals surface area contributed by atoms with Gasteiger partial charge in [-0.15, -0.1) is 0 Å². The van der Waals surface area contributed by atoms with Crippen LogP contribution in [-0.2, 0) is 7.05 Å². The van der Waals surface area contributed by atoms with Crippen LogP contribution in [0, 0.1) is 0 Å². The predicted molar refractivity (Wildman–Crippen MR) is 88.1 cm³/mol. The van der Waals surface area contributed by atoms with Gasteiger partial charge in [-0.1, -0.05) is 54.6 Å². The molecule has 0 fully saturated rings. The van der Waals surface area contributed by atoms with Gasteiger partial charge in [-0.2, -0.15) is 4.57 Å². The van der Waals surface area contributed by atoms with Crippen LogP contribution < -0.4 is 21.5 Å². The maximum atomic E-state index is 2.27. The summed E-state index contributed by atoms with van der Waals surface area (Å²) in [4.78, 5) is 0. The molecular formula is C20H16BrN. The second kappa shape index (κ2) is 5.90. The Balaban J connectivity index is 0.00000144. The average molecular weight is 350 g/mol. The maximum absolute atomic E-state index is 2.27. The van der Waals surface area contributed by atoms with Crippen LogP contribution in [0.5, 0.6) is 0 Å². The standard InChI is InChI=1S/C20H16N.BrH/c1-21-18-13-7-5-11-16(18)20(15-9-3-2-4-10-15)17-12-6-8-14-19(17)21;/h2-14H,1H3;1H/q+1;/p-1. The van der Waals surface area contributed by atoms with Crippen molar-refractivity contribution in [1.82, 2.24) is 0 Å². The Hall–Kier alpha value is -2.19. The van der Waals surface area contributed by atoms with E-state index in [1.165, 1.54) is 32.9 Å². The Morgan fingerprint density at radius 2 is 1.05 bits per heavy atom. The van der Waals surface area contributed by atoms with E-state index in [1.807, 2.05) is 0 Å². The zero-order chi connectivity index (χ0) is 14.2.